The van der Waals surface area contributed by atoms with E-state index >= 15 is 0 Å². The molecule has 0 aliphatic carbocycles. The summed E-state index contributed by atoms with van der Waals surface area (Å²) < 4.78 is 0. The number of thioether (sulfide) groups is 1. The second-order valence-electron chi connectivity index (χ2n) is 4.85. The van der Waals surface area contributed by atoms with Crippen LogP contribution >= 0.6 is 11.8 Å². The van der Waals surface area contributed by atoms with Crippen molar-refractivity contribution in [1.82, 2.24) is 20.3 Å². The smallest absolute Gasteiger partial charge is 0.275 e. The van der Waals surface area contributed by atoms with Crippen molar-refractivity contribution >= 4 is 22.8 Å². The first-order chi connectivity index (χ1) is 9.29. The van der Waals surface area contributed by atoms with Crippen molar-refractivity contribution < 1.29 is 0 Å². The number of aromatic nitrogens is 3. The van der Waals surface area contributed by atoms with Crippen LogP contribution in [0.5, 0.6) is 0 Å². The van der Waals surface area contributed by atoms with Crippen molar-refractivity contribution in [2.75, 3.05) is 11.5 Å². The van der Waals surface area contributed by atoms with E-state index in [4.69, 9.17) is 0 Å². The lowest BCUT2D eigenvalue weighted by Crippen LogP contribution is -2.26. The molecule has 1 aliphatic rings. The molecule has 2 aromatic heterocycles. The predicted octanol–water partition coefficient (Wildman–Crippen LogP) is 1.80. The van der Waals surface area contributed by atoms with Crippen LogP contribution < -0.4 is 10.9 Å². The summed E-state index contributed by atoms with van der Waals surface area (Å²) in [5.41, 5.74) is 2.38. The Morgan fingerprint density at radius 1 is 1.42 bits per heavy atom. The van der Waals surface area contributed by atoms with Crippen LogP contribution in [0.3, 0.4) is 0 Å². The van der Waals surface area contributed by atoms with E-state index in [1.54, 1.807) is 0 Å². The van der Waals surface area contributed by atoms with E-state index in [0.717, 1.165) is 29.0 Å². The molecule has 2 atom stereocenters. The first-order valence-corrected chi connectivity index (χ1v) is 7.83. The van der Waals surface area contributed by atoms with Gasteiger partial charge in [-0.25, -0.2) is 4.98 Å². The molecule has 3 N–H and O–H groups in total. The maximum absolute atomic E-state index is 11.7. The van der Waals surface area contributed by atoms with Gasteiger partial charge < -0.3 is 15.3 Å². The second-order valence-corrected chi connectivity index (χ2v) is 6.17. The minimum Gasteiger partial charge on any atom is -0.355 e. The summed E-state index contributed by atoms with van der Waals surface area (Å²) in [4.78, 5) is 21.6. The fourth-order valence-electron chi connectivity index (χ4n) is 2.69. The number of hydrogen-bond acceptors (Lipinski definition) is 4. The van der Waals surface area contributed by atoms with Crippen LogP contribution in [0.2, 0.25) is 0 Å². The van der Waals surface area contributed by atoms with Crippen LogP contribution in [0.1, 0.15) is 31.4 Å². The van der Waals surface area contributed by atoms with Gasteiger partial charge in [-0.3, -0.25) is 4.79 Å². The SMILES string of the molecule is CCSC[C@@H]1CC[C@H](c2c[nH]c3c(=O)[nH]cnc23)N1. The molecule has 0 saturated carbocycles. The summed E-state index contributed by atoms with van der Waals surface area (Å²) in [6.07, 6.45) is 5.69. The van der Waals surface area contributed by atoms with Gasteiger partial charge in [0.1, 0.15) is 11.0 Å². The average Bonchev–Trinajstić information content (AvgIpc) is 3.02. The number of fused-ring (bicyclic) bond motifs is 1. The molecule has 0 spiro atoms. The molecule has 5 nitrogen and oxygen atoms in total. The van der Waals surface area contributed by atoms with Crippen LogP contribution in [0.4, 0.5) is 0 Å². The standard InChI is InChI=1S/C13H18N4OS/c1-2-19-6-8-3-4-10(17-8)9-5-14-12-11(9)15-7-16-13(12)18/h5,7-8,10,14,17H,2-4,6H2,1H3,(H,15,16,18)/t8-,10+/m0/s1. The minimum absolute atomic E-state index is 0.104. The van der Waals surface area contributed by atoms with E-state index in [0.29, 0.717) is 17.6 Å². The molecule has 1 aliphatic heterocycles. The Labute approximate surface area is 115 Å². The molecule has 0 amide bonds. The van der Waals surface area contributed by atoms with Gasteiger partial charge in [-0.1, -0.05) is 6.92 Å². The van der Waals surface area contributed by atoms with E-state index < -0.39 is 0 Å². The molecule has 3 rings (SSSR count). The number of nitrogens with zero attached hydrogens (tertiary/aromatic N) is 1. The quantitative estimate of drug-likeness (QED) is 0.797. The van der Waals surface area contributed by atoms with Crippen molar-refractivity contribution in [1.29, 1.82) is 0 Å². The largest absolute Gasteiger partial charge is 0.355 e. The van der Waals surface area contributed by atoms with E-state index in [1.807, 2.05) is 18.0 Å². The van der Waals surface area contributed by atoms with Gasteiger partial charge in [0.2, 0.25) is 0 Å². The lowest BCUT2D eigenvalue weighted by Gasteiger charge is -2.13. The van der Waals surface area contributed by atoms with Crippen LogP contribution in [0.25, 0.3) is 11.0 Å². The molecule has 19 heavy (non-hydrogen) atoms. The molecule has 1 fully saturated rings. The first-order valence-electron chi connectivity index (χ1n) is 6.68. The fourth-order valence-corrected chi connectivity index (χ4v) is 3.48. The maximum atomic E-state index is 11.7. The lowest BCUT2D eigenvalue weighted by atomic mass is 10.1. The molecule has 0 unspecified atom stereocenters. The van der Waals surface area contributed by atoms with Crippen molar-refractivity contribution in [3.8, 4) is 0 Å². The fraction of sp³-hybridized carbons (Fsp3) is 0.538. The van der Waals surface area contributed by atoms with Crippen LogP contribution in [0, 0.1) is 0 Å². The van der Waals surface area contributed by atoms with E-state index in [1.165, 1.54) is 12.7 Å². The van der Waals surface area contributed by atoms with E-state index in [2.05, 4.69) is 27.2 Å². The van der Waals surface area contributed by atoms with Crippen LogP contribution in [-0.4, -0.2) is 32.5 Å². The van der Waals surface area contributed by atoms with Crippen molar-refractivity contribution in [2.45, 2.75) is 31.8 Å². The van der Waals surface area contributed by atoms with Crippen LogP contribution in [-0.2, 0) is 0 Å². The normalized spacial score (nSPS) is 23.2. The van der Waals surface area contributed by atoms with E-state index in [9.17, 15) is 4.79 Å². The topological polar surface area (TPSA) is 73.6 Å². The number of hydrogen-bond donors (Lipinski definition) is 3. The Hall–Kier alpha value is -1.27. The predicted molar refractivity (Wildman–Crippen MR) is 78.6 cm³/mol. The summed E-state index contributed by atoms with van der Waals surface area (Å²) in [5, 5.41) is 3.65. The highest BCUT2D eigenvalue weighted by molar-refractivity contribution is 7.99. The minimum atomic E-state index is -0.104. The third-order valence-corrected chi connectivity index (χ3v) is 4.68. The first kappa shape index (κ1) is 12.7. The molecular formula is C13H18N4OS. The average molecular weight is 278 g/mol. The Bertz CT molecular complexity index is 620. The molecule has 102 valence electrons. The number of aromatic amines is 2. The zero-order valence-corrected chi connectivity index (χ0v) is 11.7. The van der Waals surface area contributed by atoms with Gasteiger partial charge >= 0.3 is 0 Å². The molecular weight excluding hydrogens is 260 g/mol. The summed E-state index contributed by atoms with van der Waals surface area (Å²) in [6, 6.07) is 0.882. The van der Waals surface area contributed by atoms with E-state index in [-0.39, 0.29) is 5.56 Å². The second kappa shape index (κ2) is 5.38. The van der Waals surface area contributed by atoms with Crippen LogP contribution in [0.15, 0.2) is 17.3 Å². The summed E-state index contributed by atoms with van der Waals surface area (Å²) in [6.45, 7) is 2.19. The zero-order valence-electron chi connectivity index (χ0n) is 10.9. The summed E-state index contributed by atoms with van der Waals surface area (Å²) >= 11 is 1.97. The van der Waals surface area contributed by atoms with Crippen molar-refractivity contribution in [2.24, 2.45) is 0 Å². The summed E-state index contributed by atoms with van der Waals surface area (Å²) in [7, 11) is 0. The highest BCUT2D eigenvalue weighted by Crippen LogP contribution is 2.30. The highest BCUT2D eigenvalue weighted by atomic mass is 32.2. The number of rotatable bonds is 4. The monoisotopic (exact) mass is 278 g/mol. The summed E-state index contributed by atoms with van der Waals surface area (Å²) in [5.74, 6) is 2.32. The zero-order chi connectivity index (χ0) is 13.2. The van der Waals surface area contributed by atoms with Gasteiger partial charge in [0.25, 0.3) is 5.56 Å². The van der Waals surface area contributed by atoms with Crippen molar-refractivity contribution in [3.05, 3.63) is 28.4 Å². The Morgan fingerprint density at radius 2 is 2.32 bits per heavy atom. The third kappa shape index (κ3) is 2.42. The van der Waals surface area contributed by atoms with Gasteiger partial charge in [0, 0.05) is 29.6 Å². The Balaban J connectivity index is 1.82. The Kier molecular flexibility index (Phi) is 3.61. The molecule has 0 radical (unpaired) electrons. The van der Waals surface area contributed by atoms with Gasteiger partial charge in [-0.05, 0) is 18.6 Å². The van der Waals surface area contributed by atoms with Gasteiger partial charge in [0.05, 0.1) is 6.33 Å². The van der Waals surface area contributed by atoms with Gasteiger partial charge in [-0.15, -0.1) is 0 Å². The number of H-pyrrole nitrogens is 2. The highest BCUT2D eigenvalue weighted by Gasteiger charge is 2.27. The molecule has 6 heteroatoms. The number of nitrogens with one attached hydrogen (secondary N) is 3. The van der Waals surface area contributed by atoms with Gasteiger partial charge in [0.15, 0.2) is 0 Å². The molecule has 2 aromatic rings. The molecule has 0 aromatic carbocycles. The molecule has 3 heterocycles. The molecule has 1 saturated heterocycles. The molecule has 0 bridgehead atoms. The third-order valence-electron chi connectivity index (χ3n) is 3.64. The Morgan fingerprint density at radius 3 is 3.16 bits per heavy atom. The van der Waals surface area contributed by atoms with Crippen molar-refractivity contribution in [3.63, 3.8) is 0 Å². The van der Waals surface area contributed by atoms with Gasteiger partial charge in [-0.2, -0.15) is 11.8 Å². The maximum Gasteiger partial charge on any atom is 0.275 e. The lowest BCUT2D eigenvalue weighted by molar-refractivity contribution is 0.592.